The van der Waals surface area contributed by atoms with E-state index in [9.17, 15) is 0 Å². The van der Waals surface area contributed by atoms with Gasteiger partial charge in [-0.1, -0.05) is 57.9 Å². The smallest absolute Gasteiger partial charge is 0.0267 e. The fraction of sp³-hybridized carbons (Fsp3) is 0.833. The van der Waals surface area contributed by atoms with Gasteiger partial charge in [0.15, 0.2) is 0 Å². The maximum absolute atomic E-state index is 7.69. The van der Waals surface area contributed by atoms with E-state index in [1.54, 1.807) is 0 Å². The molecule has 0 radical (unpaired) electrons. The molecule has 0 N–H and O–H groups in total. The molecule has 72 valence electrons. The molecule has 0 aromatic rings. The molecule has 0 saturated carbocycles. The Morgan fingerprint density at radius 1 is 1.08 bits per heavy atom. The van der Waals surface area contributed by atoms with Gasteiger partial charge in [-0.2, -0.15) is 0 Å². The van der Waals surface area contributed by atoms with Crippen LogP contribution >= 0.6 is 0 Å². The lowest BCUT2D eigenvalue weighted by atomic mass is 10.1. The third-order valence-electron chi connectivity index (χ3n) is 1.94. The van der Waals surface area contributed by atoms with E-state index in [1.807, 2.05) is 13.0 Å². The van der Waals surface area contributed by atoms with E-state index in [0.29, 0.717) is 6.42 Å². The molecule has 0 unspecified atom stereocenters. The minimum atomic E-state index is -0.923. The van der Waals surface area contributed by atoms with Crippen molar-refractivity contribution in [2.75, 3.05) is 0 Å². The Kier molecular flexibility index (Phi) is 7.47. The fourth-order valence-corrected chi connectivity index (χ4v) is 1.19. The topological polar surface area (TPSA) is 0 Å². The first kappa shape index (κ1) is 8.34. The van der Waals surface area contributed by atoms with Crippen LogP contribution in [-0.2, 0) is 0 Å². The average Bonchev–Trinajstić information content (AvgIpc) is 2.11. The minimum absolute atomic E-state index is 0.708. The van der Waals surface area contributed by atoms with Gasteiger partial charge in [0.1, 0.15) is 0 Å². The molecule has 0 amide bonds. The molecule has 0 rings (SSSR count). The number of allylic oxidation sites excluding steroid dienone is 1. The number of hydrogen-bond donors (Lipinski definition) is 0. The van der Waals surface area contributed by atoms with Gasteiger partial charge < -0.3 is 0 Å². The van der Waals surface area contributed by atoms with Crippen LogP contribution in [-0.4, -0.2) is 0 Å². The van der Waals surface area contributed by atoms with Crippen molar-refractivity contribution < 1.29 is 2.74 Å². The van der Waals surface area contributed by atoms with E-state index < -0.39 is 6.37 Å². The van der Waals surface area contributed by atoms with E-state index in [4.69, 9.17) is 2.74 Å². The predicted octanol–water partition coefficient (Wildman–Crippen LogP) is 4.70. The van der Waals surface area contributed by atoms with E-state index in [-0.39, 0.29) is 0 Å². The van der Waals surface area contributed by atoms with Crippen molar-refractivity contribution in [2.45, 2.75) is 64.7 Å². The summed E-state index contributed by atoms with van der Waals surface area (Å²) in [5.74, 6) is 0. The van der Waals surface area contributed by atoms with Gasteiger partial charge in [-0.3, -0.25) is 0 Å². The van der Waals surface area contributed by atoms with E-state index in [2.05, 4.69) is 6.58 Å². The van der Waals surface area contributed by atoms with Gasteiger partial charge in [0.25, 0.3) is 0 Å². The van der Waals surface area contributed by atoms with Crippen LogP contribution in [0.15, 0.2) is 12.7 Å². The van der Waals surface area contributed by atoms with Gasteiger partial charge in [-0.15, -0.1) is 6.58 Å². The summed E-state index contributed by atoms with van der Waals surface area (Å²) in [5, 5.41) is 0. The first-order valence-electron chi connectivity index (χ1n) is 6.23. The quantitative estimate of drug-likeness (QED) is 0.347. The molecule has 0 aromatic carbocycles. The Bertz CT molecular complexity index is 141. The third-order valence-corrected chi connectivity index (χ3v) is 1.94. The number of rotatable bonds is 9. The summed E-state index contributed by atoms with van der Waals surface area (Å²) in [6.07, 6.45) is 9.14. The van der Waals surface area contributed by atoms with Crippen molar-refractivity contribution >= 4 is 0 Å². The summed E-state index contributed by atoms with van der Waals surface area (Å²) in [7, 11) is 0. The lowest BCUT2D eigenvalue weighted by molar-refractivity contribution is 0.578. The highest BCUT2D eigenvalue weighted by Gasteiger charge is 1.89. The molecule has 0 spiro atoms. The predicted molar refractivity (Wildman–Crippen MR) is 57.4 cm³/mol. The molecule has 0 saturated heterocycles. The van der Waals surface area contributed by atoms with Gasteiger partial charge in [-0.25, -0.2) is 0 Å². The molecule has 0 heterocycles. The van der Waals surface area contributed by atoms with Crippen molar-refractivity contribution in [3.8, 4) is 0 Å². The zero-order valence-corrected chi connectivity index (χ0v) is 8.44. The standard InChI is InChI=1S/C12H24/c1-3-5-7-9-11-12-10-8-6-4-2/h3H,1,4-12H2,2H3/i8D2. The van der Waals surface area contributed by atoms with Gasteiger partial charge in [-0.05, 0) is 12.8 Å². The summed E-state index contributed by atoms with van der Waals surface area (Å²) in [4.78, 5) is 0. The highest BCUT2D eigenvalue weighted by atomic mass is 14.0. The largest absolute Gasteiger partial charge is 0.103 e. The first-order valence-corrected chi connectivity index (χ1v) is 5.23. The highest BCUT2D eigenvalue weighted by Crippen LogP contribution is 2.09. The Morgan fingerprint density at radius 3 is 2.42 bits per heavy atom. The maximum atomic E-state index is 7.69. The number of hydrogen-bond acceptors (Lipinski definition) is 0. The summed E-state index contributed by atoms with van der Waals surface area (Å²) >= 11 is 0. The molecule has 0 fully saturated rings. The molecule has 0 aliphatic rings. The Hall–Kier alpha value is -0.260. The van der Waals surface area contributed by atoms with Crippen LogP contribution in [0.3, 0.4) is 0 Å². The van der Waals surface area contributed by atoms with Gasteiger partial charge in [0.2, 0.25) is 0 Å². The average molecular weight is 170 g/mol. The van der Waals surface area contributed by atoms with Gasteiger partial charge in [0, 0.05) is 2.74 Å². The van der Waals surface area contributed by atoms with Crippen LogP contribution < -0.4 is 0 Å². The Labute approximate surface area is 80.9 Å². The van der Waals surface area contributed by atoms with E-state index in [0.717, 1.165) is 32.1 Å². The molecule has 0 aliphatic carbocycles. The summed E-state index contributed by atoms with van der Waals surface area (Å²) in [6.45, 7) is 5.73. The van der Waals surface area contributed by atoms with Gasteiger partial charge >= 0.3 is 0 Å². The first-order chi connectivity index (χ1) is 6.62. The second-order valence-corrected chi connectivity index (χ2v) is 3.24. The van der Waals surface area contributed by atoms with Crippen molar-refractivity contribution in [3.63, 3.8) is 0 Å². The van der Waals surface area contributed by atoms with Crippen LogP contribution in [0.2, 0.25) is 0 Å². The molecule has 0 atom stereocenters. The maximum Gasteiger partial charge on any atom is 0.0267 e. The van der Waals surface area contributed by atoms with Crippen molar-refractivity contribution in [1.29, 1.82) is 0 Å². The molecule has 0 heteroatoms. The van der Waals surface area contributed by atoms with Crippen LogP contribution in [0.5, 0.6) is 0 Å². The van der Waals surface area contributed by atoms with Crippen LogP contribution in [0, 0.1) is 0 Å². The highest BCUT2D eigenvalue weighted by molar-refractivity contribution is 4.65. The summed E-state index contributed by atoms with van der Waals surface area (Å²) < 4.78 is 15.4. The van der Waals surface area contributed by atoms with Crippen molar-refractivity contribution in [3.05, 3.63) is 12.7 Å². The second-order valence-electron chi connectivity index (χ2n) is 3.24. The summed E-state index contributed by atoms with van der Waals surface area (Å²) in [6, 6.07) is 0. The third kappa shape index (κ3) is 9.74. The van der Waals surface area contributed by atoms with E-state index >= 15 is 0 Å². The number of unbranched alkanes of at least 4 members (excludes halogenated alkanes) is 4. The van der Waals surface area contributed by atoms with Crippen molar-refractivity contribution in [2.24, 2.45) is 0 Å². The van der Waals surface area contributed by atoms with Gasteiger partial charge in [0.05, 0.1) is 0 Å². The molecule has 0 aromatic heterocycles. The fourth-order valence-electron chi connectivity index (χ4n) is 1.19. The zero-order chi connectivity index (χ0) is 10.9. The molecule has 0 nitrogen and oxygen atoms in total. The second kappa shape index (κ2) is 10.7. The lowest BCUT2D eigenvalue weighted by Gasteiger charge is -1.99. The zero-order valence-electron chi connectivity index (χ0n) is 10.4. The molecule has 0 aliphatic heterocycles. The van der Waals surface area contributed by atoms with Crippen LogP contribution in [0.25, 0.3) is 0 Å². The lowest BCUT2D eigenvalue weighted by Crippen LogP contribution is -1.79. The molecule has 0 bridgehead atoms. The molecular formula is C12H24. The molecule has 12 heavy (non-hydrogen) atoms. The summed E-state index contributed by atoms with van der Waals surface area (Å²) in [5.41, 5.74) is 0. The normalized spacial score (nSPS) is 13.8. The molecular weight excluding hydrogens is 144 g/mol. The minimum Gasteiger partial charge on any atom is -0.103 e. The Morgan fingerprint density at radius 2 is 1.75 bits per heavy atom. The van der Waals surface area contributed by atoms with Crippen LogP contribution in [0.1, 0.15) is 67.4 Å². The van der Waals surface area contributed by atoms with Crippen molar-refractivity contribution in [1.82, 2.24) is 0 Å². The SMILES string of the molecule is [2H]C([2H])(CCC)CCCCCCC=C. The van der Waals surface area contributed by atoms with Crippen LogP contribution in [0.4, 0.5) is 0 Å². The Balaban J connectivity index is 3.29. The van der Waals surface area contributed by atoms with E-state index in [1.165, 1.54) is 12.8 Å². The monoisotopic (exact) mass is 170 g/mol.